The molecule has 2 heterocycles. The predicted octanol–water partition coefficient (Wildman–Crippen LogP) is 4.56. The zero-order chi connectivity index (χ0) is 18.6. The van der Waals surface area contributed by atoms with Gasteiger partial charge in [-0.25, -0.2) is 19.0 Å². The van der Waals surface area contributed by atoms with Crippen molar-refractivity contribution in [2.45, 2.75) is 18.5 Å². The first-order valence-corrected chi connectivity index (χ1v) is 8.98. The van der Waals surface area contributed by atoms with E-state index in [1.165, 1.54) is 18.5 Å². The van der Waals surface area contributed by atoms with Crippen molar-refractivity contribution in [3.8, 4) is 0 Å². The van der Waals surface area contributed by atoms with Gasteiger partial charge in [-0.15, -0.1) is 11.6 Å². The Morgan fingerprint density at radius 1 is 1.04 bits per heavy atom. The van der Waals surface area contributed by atoms with Gasteiger partial charge in [0.05, 0.1) is 23.5 Å². The summed E-state index contributed by atoms with van der Waals surface area (Å²) >= 11 is 6.54. The van der Waals surface area contributed by atoms with Crippen molar-refractivity contribution in [2.24, 2.45) is 0 Å². The second kappa shape index (κ2) is 7.72. The molecule has 0 saturated carbocycles. The summed E-state index contributed by atoms with van der Waals surface area (Å²) in [5.41, 5.74) is 2.71. The van der Waals surface area contributed by atoms with Crippen molar-refractivity contribution in [3.63, 3.8) is 0 Å². The average Bonchev–Trinajstić information content (AvgIpc) is 3.12. The van der Waals surface area contributed by atoms with Gasteiger partial charge in [-0.1, -0.05) is 42.5 Å². The van der Waals surface area contributed by atoms with E-state index in [4.69, 9.17) is 11.6 Å². The van der Waals surface area contributed by atoms with Gasteiger partial charge in [0.1, 0.15) is 18.0 Å². The summed E-state index contributed by atoms with van der Waals surface area (Å²) in [6.07, 6.45) is 3.23. The van der Waals surface area contributed by atoms with Crippen molar-refractivity contribution in [3.05, 3.63) is 84.1 Å². The van der Waals surface area contributed by atoms with E-state index in [-0.39, 0.29) is 11.2 Å². The van der Waals surface area contributed by atoms with Crippen LogP contribution in [0.15, 0.2) is 67.1 Å². The number of fused-ring (bicyclic) bond motifs is 1. The van der Waals surface area contributed by atoms with Crippen LogP contribution in [0.1, 0.15) is 16.5 Å². The van der Waals surface area contributed by atoms with Crippen LogP contribution in [0.25, 0.3) is 11.0 Å². The largest absolute Gasteiger partial charge is 0.365 e. The molecule has 0 saturated heterocycles. The fraction of sp³-hybridized carbons (Fsp3) is 0.150. The molecule has 0 aliphatic carbocycles. The highest BCUT2D eigenvalue weighted by Gasteiger charge is 2.14. The maximum atomic E-state index is 13.0. The molecule has 136 valence electrons. The first kappa shape index (κ1) is 17.4. The van der Waals surface area contributed by atoms with Gasteiger partial charge < -0.3 is 5.32 Å². The third-order valence-corrected chi connectivity index (χ3v) is 4.69. The topological polar surface area (TPSA) is 55.6 Å². The summed E-state index contributed by atoms with van der Waals surface area (Å²) in [4.78, 5) is 8.66. The van der Waals surface area contributed by atoms with E-state index in [1.54, 1.807) is 23.0 Å². The summed E-state index contributed by atoms with van der Waals surface area (Å²) in [6, 6.07) is 16.2. The molecule has 0 amide bonds. The first-order chi connectivity index (χ1) is 13.2. The molecule has 1 unspecified atom stereocenters. The molecule has 4 aromatic rings. The van der Waals surface area contributed by atoms with Crippen LogP contribution in [0.2, 0.25) is 0 Å². The number of aromatic nitrogens is 4. The molecule has 0 aliphatic heterocycles. The first-order valence-electron chi connectivity index (χ1n) is 8.54. The van der Waals surface area contributed by atoms with E-state index in [0.717, 1.165) is 16.5 Å². The highest BCUT2D eigenvalue weighted by molar-refractivity contribution is 6.20. The van der Waals surface area contributed by atoms with Crippen LogP contribution in [0.4, 0.5) is 10.2 Å². The Balaban J connectivity index is 1.53. The van der Waals surface area contributed by atoms with E-state index in [2.05, 4.69) is 20.4 Å². The Bertz CT molecular complexity index is 1030. The van der Waals surface area contributed by atoms with Crippen LogP contribution in [-0.2, 0) is 13.1 Å². The normalized spacial score (nSPS) is 12.2. The SMILES string of the molecule is Fc1ccc(CNc2ncnc3c2cnn3CC(Cl)c2ccccc2)cc1. The molecule has 4 rings (SSSR count). The number of benzene rings is 2. The Morgan fingerprint density at radius 2 is 1.81 bits per heavy atom. The van der Waals surface area contributed by atoms with Gasteiger partial charge in [0.25, 0.3) is 0 Å². The molecule has 0 bridgehead atoms. The summed E-state index contributed by atoms with van der Waals surface area (Å²) in [5, 5.41) is 8.30. The van der Waals surface area contributed by atoms with Gasteiger partial charge in [-0.2, -0.15) is 5.10 Å². The highest BCUT2D eigenvalue weighted by atomic mass is 35.5. The van der Waals surface area contributed by atoms with Crippen LogP contribution >= 0.6 is 11.6 Å². The molecule has 1 N–H and O–H groups in total. The van der Waals surface area contributed by atoms with Crippen LogP contribution in [-0.4, -0.2) is 19.7 Å². The van der Waals surface area contributed by atoms with Gasteiger partial charge >= 0.3 is 0 Å². The number of hydrogen-bond donors (Lipinski definition) is 1. The van der Waals surface area contributed by atoms with Gasteiger partial charge in [0.15, 0.2) is 5.65 Å². The molecular weight excluding hydrogens is 365 g/mol. The summed E-state index contributed by atoms with van der Waals surface area (Å²) in [5.74, 6) is 0.430. The van der Waals surface area contributed by atoms with E-state index < -0.39 is 0 Å². The number of nitrogens with one attached hydrogen (secondary N) is 1. The predicted molar refractivity (Wildman–Crippen MR) is 104 cm³/mol. The number of halogens is 2. The minimum atomic E-state index is -0.251. The number of nitrogens with zero attached hydrogens (tertiary/aromatic N) is 4. The van der Waals surface area contributed by atoms with Crippen molar-refractivity contribution in [1.29, 1.82) is 0 Å². The molecule has 0 fully saturated rings. The molecular formula is C20H17ClFN5. The lowest BCUT2D eigenvalue weighted by Crippen LogP contribution is -2.07. The molecule has 1 atom stereocenters. The van der Waals surface area contributed by atoms with Crippen LogP contribution in [0.3, 0.4) is 0 Å². The highest BCUT2D eigenvalue weighted by Crippen LogP contribution is 2.25. The van der Waals surface area contributed by atoms with Crippen LogP contribution < -0.4 is 5.32 Å². The Labute approximate surface area is 160 Å². The van der Waals surface area contributed by atoms with E-state index >= 15 is 0 Å². The quantitative estimate of drug-likeness (QED) is 0.497. The molecule has 27 heavy (non-hydrogen) atoms. The lowest BCUT2D eigenvalue weighted by molar-refractivity contribution is 0.615. The molecule has 2 aromatic carbocycles. The number of anilines is 1. The smallest absolute Gasteiger partial charge is 0.163 e. The van der Waals surface area contributed by atoms with Crippen LogP contribution in [0, 0.1) is 5.82 Å². The zero-order valence-electron chi connectivity index (χ0n) is 14.4. The second-order valence-electron chi connectivity index (χ2n) is 6.14. The van der Waals surface area contributed by atoms with E-state index in [1.807, 2.05) is 30.3 Å². The van der Waals surface area contributed by atoms with Crippen molar-refractivity contribution < 1.29 is 4.39 Å². The third-order valence-electron chi connectivity index (χ3n) is 4.30. The number of rotatable bonds is 6. The Hall–Kier alpha value is -2.99. The standard InChI is InChI=1S/C20H17ClFN5/c21-18(15-4-2-1-3-5-15)12-27-20-17(11-26-27)19(24-13-25-20)23-10-14-6-8-16(22)9-7-14/h1-9,11,13,18H,10,12H2,(H,23,24,25). The Morgan fingerprint density at radius 3 is 2.59 bits per heavy atom. The van der Waals surface area contributed by atoms with E-state index in [0.29, 0.717) is 24.6 Å². The third kappa shape index (κ3) is 3.90. The monoisotopic (exact) mass is 381 g/mol. The number of alkyl halides is 1. The molecule has 7 heteroatoms. The molecule has 2 aromatic heterocycles. The molecule has 0 aliphatic rings. The number of hydrogen-bond acceptors (Lipinski definition) is 4. The lowest BCUT2D eigenvalue weighted by Gasteiger charge is -2.11. The summed E-state index contributed by atoms with van der Waals surface area (Å²) in [6.45, 7) is 1.03. The van der Waals surface area contributed by atoms with Gasteiger partial charge in [0, 0.05) is 6.54 Å². The molecule has 5 nitrogen and oxygen atoms in total. The Kier molecular flexibility index (Phi) is 4.98. The fourth-order valence-corrected chi connectivity index (χ4v) is 3.15. The minimum Gasteiger partial charge on any atom is -0.365 e. The van der Waals surface area contributed by atoms with Crippen molar-refractivity contribution >= 4 is 28.5 Å². The molecule has 0 radical (unpaired) electrons. The maximum Gasteiger partial charge on any atom is 0.163 e. The average molecular weight is 382 g/mol. The summed E-state index contributed by atoms with van der Waals surface area (Å²) in [7, 11) is 0. The zero-order valence-corrected chi connectivity index (χ0v) is 15.1. The lowest BCUT2D eigenvalue weighted by atomic mass is 10.1. The fourth-order valence-electron chi connectivity index (χ4n) is 2.87. The maximum absolute atomic E-state index is 13.0. The summed E-state index contributed by atoms with van der Waals surface area (Å²) < 4.78 is 14.8. The van der Waals surface area contributed by atoms with E-state index in [9.17, 15) is 4.39 Å². The van der Waals surface area contributed by atoms with Gasteiger partial charge in [-0.3, -0.25) is 0 Å². The van der Waals surface area contributed by atoms with Crippen molar-refractivity contribution in [1.82, 2.24) is 19.7 Å². The van der Waals surface area contributed by atoms with Crippen molar-refractivity contribution in [2.75, 3.05) is 5.32 Å². The second-order valence-corrected chi connectivity index (χ2v) is 6.67. The van der Waals surface area contributed by atoms with Crippen LogP contribution in [0.5, 0.6) is 0 Å². The minimum absolute atomic E-state index is 0.208. The molecule has 0 spiro atoms. The van der Waals surface area contributed by atoms with Gasteiger partial charge in [0.2, 0.25) is 0 Å². The van der Waals surface area contributed by atoms with Gasteiger partial charge in [-0.05, 0) is 23.3 Å².